The molecule has 25 heavy (non-hydrogen) atoms. The summed E-state index contributed by atoms with van der Waals surface area (Å²) in [4.78, 5) is 14.5. The molecular weight excluding hydrogens is 354 g/mol. The Hall–Kier alpha value is -1.95. The smallest absolute Gasteiger partial charge is 0.257 e. The van der Waals surface area contributed by atoms with Gasteiger partial charge in [0.1, 0.15) is 0 Å². The first kappa shape index (κ1) is 19.4. The second kappa shape index (κ2) is 9.51. The Morgan fingerprint density at radius 3 is 2.40 bits per heavy atom. The van der Waals surface area contributed by atoms with E-state index in [1.807, 2.05) is 12.1 Å². The summed E-state index contributed by atoms with van der Waals surface area (Å²) < 4.78 is 0. The molecule has 0 aliphatic heterocycles. The molecule has 2 rings (SSSR count). The molecule has 0 radical (unpaired) electrons. The third-order valence-corrected chi connectivity index (χ3v) is 4.27. The molecule has 1 amide bonds. The third kappa shape index (κ3) is 6.12. The predicted molar refractivity (Wildman–Crippen MR) is 108 cm³/mol. The first-order valence-electron chi connectivity index (χ1n) is 8.21. The molecule has 0 aliphatic carbocycles. The lowest BCUT2D eigenvalue weighted by Crippen LogP contribution is -2.34. The van der Waals surface area contributed by atoms with E-state index >= 15 is 0 Å². The first-order valence-corrected chi connectivity index (χ1v) is 8.99. The van der Waals surface area contributed by atoms with E-state index in [1.54, 1.807) is 24.3 Å². The number of amides is 1. The molecule has 0 atom stereocenters. The molecule has 0 saturated carbocycles. The van der Waals surface area contributed by atoms with Crippen LogP contribution in [0.4, 0.5) is 5.69 Å². The van der Waals surface area contributed by atoms with Gasteiger partial charge in [0, 0.05) is 22.8 Å². The zero-order valence-corrected chi connectivity index (χ0v) is 16.0. The van der Waals surface area contributed by atoms with Crippen LogP contribution in [0.3, 0.4) is 0 Å². The van der Waals surface area contributed by atoms with Crippen LogP contribution in [0.5, 0.6) is 0 Å². The Morgan fingerprint density at radius 2 is 1.80 bits per heavy atom. The third-order valence-electron chi connectivity index (χ3n) is 3.83. The summed E-state index contributed by atoms with van der Waals surface area (Å²) in [6.07, 6.45) is 0. The Kier molecular flexibility index (Phi) is 7.37. The SMILES string of the molecule is CCN(CC)Cc1ccc(NC(=S)NC(=O)c2cccc(Cl)c2)cc1. The molecule has 0 aliphatic rings. The van der Waals surface area contributed by atoms with Crippen LogP contribution in [0, 0.1) is 0 Å². The highest BCUT2D eigenvalue weighted by atomic mass is 35.5. The maximum atomic E-state index is 12.1. The molecule has 0 aromatic heterocycles. The zero-order valence-electron chi connectivity index (χ0n) is 14.4. The summed E-state index contributed by atoms with van der Waals surface area (Å²) in [6.45, 7) is 7.27. The van der Waals surface area contributed by atoms with E-state index in [1.165, 1.54) is 5.56 Å². The number of benzene rings is 2. The van der Waals surface area contributed by atoms with E-state index < -0.39 is 0 Å². The summed E-state index contributed by atoms with van der Waals surface area (Å²) >= 11 is 11.1. The molecule has 0 heterocycles. The molecule has 0 spiro atoms. The summed E-state index contributed by atoms with van der Waals surface area (Å²) in [7, 11) is 0. The Bertz CT molecular complexity index is 730. The van der Waals surface area contributed by atoms with Gasteiger partial charge in [-0.15, -0.1) is 0 Å². The van der Waals surface area contributed by atoms with Crippen molar-refractivity contribution in [2.45, 2.75) is 20.4 Å². The van der Waals surface area contributed by atoms with Crippen molar-refractivity contribution in [2.75, 3.05) is 18.4 Å². The van der Waals surface area contributed by atoms with Crippen LogP contribution in [0.1, 0.15) is 29.8 Å². The van der Waals surface area contributed by atoms with Gasteiger partial charge < -0.3 is 5.32 Å². The van der Waals surface area contributed by atoms with Crippen molar-refractivity contribution in [3.8, 4) is 0 Å². The number of rotatable bonds is 6. The molecule has 132 valence electrons. The Balaban J connectivity index is 1.91. The molecule has 2 aromatic rings. The summed E-state index contributed by atoms with van der Waals surface area (Å²) in [5.41, 5.74) is 2.54. The molecular formula is C19H22ClN3OS. The van der Waals surface area contributed by atoms with Crippen molar-refractivity contribution < 1.29 is 4.79 Å². The van der Waals surface area contributed by atoms with Crippen LogP contribution in [-0.2, 0) is 6.54 Å². The molecule has 0 fully saturated rings. The number of thiocarbonyl (C=S) groups is 1. The van der Waals surface area contributed by atoms with Crippen molar-refractivity contribution in [1.82, 2.24) is 10.2 Å². The molecule has 6 heteroatoms. The van der Waals surface area contributed by atoms with Gasteiger partial charge in [0.2, 0.25) is 0 Å². The number of carbonyl (C=O) groups is 1. The first-order chi connectivity index (χ1) is 12.0. The van der Waals surface area contributed by atoms with Gasteiger partial charge in [0.05, 0.1) is 0 Å². The van der Waals surface area contributed by atoms with Crippen LogP contribution in [0.2, 0.25) is 5.02 Å². The number of carbonyl (C=O) groups excluding carboxylic acids is 1. The second-order valence-corrected chi connectivity index (χ2v) is 6.42. The molecule has 2 aromatic carbocycles. The lowest BCUT2D eigenvalue weighted by atomic mass is 10.2. The van der Waals surface area contributed by atoms with Gasteiger partial charge in [-0.1, -0.05) is 43.6 Å². The molecule has 0 saturated heterocycles. The van der Waals surface area contributed by atoms with Gasteiger partial charge in [0.25, 0.3) is 5.91 Å². The van der Waals surface area contributed by atoms with Crippen LogP contribution >= 0.6 is 23.8 Å². The average molecular weight is 376 g/mol. The van der Waals surface area contributed by atoms with Gasteiger partial charge in [-0.05, 0) is 61.2 Å². The van der Waals surface area contributed by atoms with E-state index in [9.17, 15) is 4.79 Å². The number of anilines is 1. The summed E-state index contributed by atoms with van der Waals surface area (Å²) in [5, 5.41) is 6.43. The van der Waals surface area contributed by atoms with Crippen molar-refractivity contribution in [2.24, 2.45) is 0 Å². The number of hydrogen-bond acceptors (Lipinski definition) is 3. The van der Waals surface area contributed by atoms with Gasteiger partial charge >= 0.3 is 0 Å². The van der Waals surface area contributed by atoms with E-state index in [-0.39, 0.29) is 11.0 Å². The maximum absolute atomic E-state index is 12.1. The fraction of sp³-hybridized carbons (Fsp3) is 0.263. The number of nitrogens with zero attached hydrogens (tertiary/aromatic N) is 1. The van der Waals surface area contributed by atoms with Gasteiger partial charge in [-0.25, -0.2) is 0 Å². The van der Waals surface area contributed by atoms with Gasteiger partial charge in [-0.2, -0.15) is 0 Å². The molecule has 0 unspecified atom stereocenters. The van der Waals surface area contributed by atoms with E-state index in [2.05, 4.69) is 41.5 Å². The Morgan fingerprint density at radius 1 is 1.12 bits per heavy atom. The van der Waals surface area contributed by atoms with Crippen LogP contribution in [0.15, 0.2) is 48.5 Å². The van der Waals surface area contributed by atoms with E-state index in [4.69, 9.17) is 23.8 Å². The normalized spacial score (nSPS) is 10.6. The summed E-state index contributed by atoms with van der Waals surface area (Å²) in [6, 6.07) is 14.8. The van der Waals surface area contributed by atoms with Gasteiger partial charge in [-0.3, -0.25) is 15.0 Å². The van der Waals surface area contributed by atoms with E-state index in [0.717, 1.165) is 25.3 Å². The maximum Gasteiger partial charge on any atom is 0.257 e. The van der Waals surface area contributed by atoms with Crippen molar-refractivity contribution in [3.05, 3.63) is 64.7 Å². The number of hydrogen-bond donors (Lipinski definition) is 2. The van der Waals surface area contributed by atoms with Crippen molar-refractivity contribution >= 4 is 40.5 Å². The fourth-order valence-electron chi connectivity index (χ4n) is 2.37. The highest BCUT2D eigenvalue weighted by Crippen LogP contribution is 2.12. The van der Waals surface area contributed by atoms with Crippen molar-refractivity contribution in [1.29, 1.82) is 0 Å². The minimum absolute atomic E-state index is 0.251. The monoisotopic (exact) mass is 375 g/mol. The quantitative estimate of drug-likeness (QED) is 0.738. The fourth-order valence-corrected chi connectivity index (χ4v) is 2.77. The second-order valence-electron chi connectivity index (χ2n) is 5.58. The van der Waals surface area contributed by atoms with Crippen molar-refractivity contribution in [3.63, 3.8) is 0 Å². The topological polar surface area (TPSA) is 44.4 Å². The molecule has 0 bridgehead atoms. The van der Waals surface area contributed by atoms with Crippen LogP contribution in [-0.4, -0.2) is 29.0 Å². The number of halogens is 1. The minimum Gasteiger partial charge on any atom is -0.332 e. The van der Waals surface area contributed by atoms with E-state index in [0.29, 0.717) is 10.6 Å². The minimum atomic E-state index is -0.293. The lowest BCUT2D eigenvalue weighted by Gasteiger charge is -2.18. The molecule has 2 N–H and O–H groups in total. The lowest BCUT2D eigenvalue weighted by molar-refractivity contribution is 0.0977. The average Bonchev–Trinajstić information content (AvgIpc) is 2.61. The number of nitrogens with one attached hydrogen (secondary N) is 2. The predicted octanol–water partition coefficient (Wildman–Crippen LogP) is 4.31. The highest BCUT2D eigenvalue weighted by molar-refractivity contribution is 7.80. The van der Waals surface area contributed by atoms with Crippen LogP contribution in [0.25, 0.3) is 0 Å². The summed E-state index contributed by atoms with van der Waals surface area (Å²) in [5.74, 6) is -0.293. The largest absolute Gasteiger partial charge is 0.332 e. The van der Waals surface area contributed by atoms with Crippen LogP contribution < -0.4 is 10.6 Å². The highest BCUT2D eigenvalue weighted by Gasteiger charge is 2.08. The molecule has 4 nitrogen and oxygen atoms in total. The standard InChI is InChI=1S/C19H22ClN3OS/c1-3-23(4-2)13-14-8-10-17(11-9-14)21-19(25)22-18(24)15-6-5-7-16(20)12-15/h5-12H,3-4,13H2,1-2H3,(H2,21,22,24,25). The zero-order chi connectivity index (χ0) is 18.2. The van der Waals surface area contributed by atoms with Gasteiger partial charge in [0.15, 0.2) is 5.11 Å². The Labute approximate surface area is 159 Å².